The Morgan fingerprint density at radius 1 is 1.36 bits per heavy atom. The van der Waals surface area contributed by atoms with Crippen LogP contribution in [0.4, 0.5) is 17.5 Å². The fraction of sp³-hybridized carbons (Fsp3) is 0.688. The Morgan fingerprint density at radius 2 is 2.08 bits per heavy atom. The first kappa shape index (κ1) is 19.2. The lowest BCUT2D eigenvalue weighted by Gasteiger charge is -2.20. The molecular weight excluding hydrogens is 326 g/mol. The third-order valence-electron chi connectivity index (χ3n) is 4.40. The molecule has 2 heterocycles. The summed E-state index contributed by atoms with van der Waals surface area (Å²) in [5.41, 5.74) is 5.65. The second-order valence-electron chi connectivity index (χ2n) is 6.28. The number of nitrogens with zero attached hydrogens (tertiary/aromatic N) is 3. The second-order valence-corrected chi connectivity index (χ2v) is 6.28. The molecular formula is C16H27N5O4. The molecule has 0 aromatic carbocycles. The third-order valence-corrected chi connectivity index (χ3v) is 4.40. The monoisotopic (exact) mass is 353 g/mol. The molecule has 0 bridgehead atoms. The van der Waals surface area contributed by atoms with Crippen molar-refractivity contribution in [2.75, 3.05) is 42.4 Å². The molecule has 0 atom stereocenters. The summed E-state index contributed by atoms with van der Waals surface area (Å²) in [5.74, 6) is -0.261. The molecule has 9 nitrogen and oxygen atoms in total. The summed E-state index contributed by atoms with van der Waals surface area (Å²) in [6, 6.07) is 0. The van der Waals surface area contributed by atoms with Crippen molar-refractivity contribution >= 4 is 23.4 Å². The molecule has 140 valence electrons. The van der Waals surface area contributed by atoms with Crippen LogP contribution < -0.4 is 21.5 Å². The van der Waals surface area contributed by atoms with Gasteiger partial charge in [0.05, 0.1) is 6.67 Å². The van der Waals surface area contributed by atoms with Crippen LogP contribution in [0.25, 0.3) is 0 Å². The van der Waals surface area contributed by atoms with E-state index in [1.807, 2.05) is 11.8 Å². The number of anilines is 3. The molecule has 1 aromatic heterocycles. The number of aromatic nitrogens is 2. The van der Waals surface area contributed by atoms with Gasteiger partial charge in [-0.05, 0) is 12.8 Å². The van der Waals surface area contributed by atoms with E-state index in [2.05, 4.69) is 10.3 Å². The number of unbranched alkanes of at least 4 members (excludes halogenated alkanes) is 2. The average molecular weight is 353 g/mol. The first-order valence-corrected chi connectivity index (χ1v) is 8.69. The summed E-state index contributed by atoms with van der Waals surface area (Å²) < 4.78 is 0.940. The van der Waals surface area contributed by atoms with Crippen LogP contribution in [0.3, 0.4) is 0 Å². The maximum absolute atomic E-state index is 12.6. The van der Waals surface area contributed by atoms with Gasteiger partial charge in [-0.25, -0.2) is 4.57 Å². The molecule has 0 amide bonds. The van der Waals surface area contributed by atoms with Gasteiger partial charge in [0, 0.05) is 32.1 Å². The predicted octanol–water partition coefficient (Wildman–Crippen LogP) is 0.226. The number of fused-ring (bicyclic) bond motifs is 1. The predicted molar refractivity (Wildman–Crippen MR) is 95.8 cm³/mol. The number of carbonyl (C=O) groups is 1. The van der Waals surface area contributed by atoms with Crippen molar-refractivity contribution in [1.29, 1.82) is 0 Å². The third kappa shape index (κ3) is 4.29. The Labute approximate surface area is 146 Å². The van der Waals surface area contributed by atoms with Crippen molar-refractivity contribution in [1.82, 2.24) is 9.55 Å². The summed E-state index contributed by atoms with van der Waals surface area (Å²) in [6.45, 7) is 2.71. The van der Waals surface area contributed by atoms with Crippen LogP contribution >= 0.6 is 0 Å². The molecule has 5 N–H and O–H groups in total. The maximum Gasteiger partial charge on any atom is 0.287 e. The molecule has 2 rings (SSSR count). The fourth-order valence-corrected chi connectivity index (χ4v) is 2.80. The zero-order valence-electron chi connectivity index (χ0n) is 14.6. The highest BCUT2D eigenvalue weighted by Crippen LogP contribution is 2.27. The summed E-state index contributed by atoms with van der Waals surface area (Å²) in [5, 5.41) is 21.3. The summed E-state index contributed by atoms with van der Waals surface area (Å²) in [6.07, 6.45) is 3.42. The molecule has 1 aliphatic heterocycles. The van der Waals surface area contributed by atoms with E-state index < -0.39 is 5.56 Å². The average Bonchev–Trinajstić information content (AvgIpc) is 2.99. The summed E-state index contributed by atoms with van der Waals surface area (Å²) in [4.78, 5) is 30.9. The number of aliphatic hydroxyl groups excluding tert-OH is 2. The molecule has 0 saturated carbocycles. The van der Waals surface area contributed by atoms with Crippen molar-refractivity contribution in [3.63, 3.8) is 0 Å². The van der Waals surface area contributed by atoms with E-state index in [0.717, 1.165) is 17.4 Å². The van der Waals surface area contributed by atoms with E-state index in [-0.39, 0.29) is 43.1 Å². The summed E-state index contributed by atoms with van der Waals surface area (Å²) in [7, 11) is 0. The number of hydrogen-bond acceptors (Lipinski definition) is 8. The number of nitrogen functional groups attached to an aromatic ring is 1. The van der Waals surface area contributed by atoms with Crippen molar-refractivity contribution in [3.05, 3.63) is 10.4 Å². The first-order chi connectivity index (χ1) is 12.0. The van der Waals surface area contributed by atoms with Crippen LogP contribution in [-0.2, 0) is 0 Å². The number of aliphatic hydroxyl groups is 2. The lowest BCUT2D eigenvalue weighted by molar-refractivity contribution is 0.0897. The van der Waals surface area contributed by atoms with Crippen molar-refractivity contribution in [3.8, 4) is 0 Å². The highest BCUT2D eigenvalue weighted by Gasteiger charge is 2.27. The van der Waals surface area contributed by atoms with E-state index in [1.165, 1.54) is 0 Å². The largest absolute Gasteiger partial charge is 0.396 e. The van der Waals surface area contributed by atoms with Gasteiger partial charge >= 0.3 is 0 Å². The molecule has 25 heavy (non-hydrogen) atoms. The zero-order chi connectivity index (χ0) is 18.4. The SMILES string of the molecule is CCCCCC(=O)n1c(N)nc2c(c1=O)NCN2CCC(CO)CO. The van der Waals surface area contributed by atoms with Gasteiger partial charge in [-0.15, -0.1) is 0 Å². The number of nitrogens with one attached hydrogen (secondary N) is 1. The van der Waals surface area contributed by atoms with E-state index >= 15 is 0 Å². The van der Waals surface area contributed by atoms with Gasteiger partial charge in [0.15, 0.2) is 5.82 Å². The van der Waals surface area contributed by atoms with Gasteiger partial charge < -0.3 is 26.2 Å². The molecule has 0 fully saturated rings. The minimum atomic E-state index is -0.479. The molecule has 0 saturated heterocycles. The van der Waals surface area contributed by atoms with Gasteiger partial charge in [-0.2, -0.15) is 4.98 Å². The van der Waals surface area contributed by atoms with E-state index in [4.69, 9.17) is 15.9 Å². The molecule has 0 radical (unpaired) electrons. The Balaban J connectivity index is 2.17. The van der Waals surface area contributed by atoms with Crippen LogP contribution in [0.5, 0.6) is 0 Å². The van der Waals surface area contributed by atoms with E-state index in [9.17, 15) is 9.59 Å². The number of rotatable bonds is 9. The van der Waals surface area contributed by atoms with Crippen molar-refractivity contribution in [2.24, 2.45) is 5.92 Å². The van der Waals surface area contributed by atoms with E-state index in [1.54, 1.807) is 0 Å². The number of hydrogen-bond donors (Lipinski definition) is 4. The minimum absolute atomic E-state index is 0.103. The van der Waals surface area contributed by atoms with Crippen LogP contribution in [0, 0.1) is 5.92 Å². The smallest absolute Gasteiger partial charge is 0.287 e. The van der Waals surface area contributed by atoms with Gasteiger partial charge in [-0.1, -0.05) is 19.8 Å². The van der Waals surface area contributed by atoms with Crippen molar-refractivity contribution < 1.29 is 15.0 Å². The topological polar surface area (TPSA) is 134 Å². The number of carbonyl (C=O) groups excluding carboxylic acids is 1. The molecule has 1 aromatic rings. The van der Waals surface area contributed by atoms with Gasteiger partial charge in [-0.3, -0.25) is 9.59 Å². The zero-order valence-corrected chi connectivity index (χ0v) is 14.6. The van der Waals surface area contributed by atoms with Crippen LogP contribution in [0.2, 0.25) is 0 Å². The highest BCUT2D eigenvalue weighted by molar-refractivity contribution is 5.84. The highest BCUT2D eigenvalue weighted by atomic mass is 16.3. The molecule has 0 aliphatic carbocycles. The minimum Gasteiger partial charge on any atom is -0.396 e. The summed E-state index contributed by atoms with van der Waals surface area (Å²) >= 11 is 0. The lowest BCUT2D eigenvalue weighted by Crippen LogP contribution is -2.31. The van der Waals surface area contributed by atoms with Gasteiger partial charge in [0.25, 0.3) is 5.56 Å². The second kappa shape index (κ2) is 8.82. The van der Waals surface area contributed by atoms with Crippen LogP contribution in [0.1, 0.15) is 43.8 Å². The molecule has 1 aliphatic rings. The Hall–Kier alpha value is -2.13. The standard InChI is InChI=1S/C16H27N5O4/c1-2-3-4-5-12(24)21-15(25)13-14(19-16(21)17)20(10-18-13)7-6-11(8-22)9-23/h11,18,22-23H,2-10H2,1H3,(H2,17,19). The Kier molecular flexibility index (Phi) is 6.77. The van der Waals surface area contributed by atoms with Gasteiger partial charge in [0.2, 0.25) is 11.9 Å². The molecule has 0 spiro atoms. The quantitative estimate of drug-likeness (QED) is 0.464. The van der Waals surface area contributed by atoms with Crippen LogP contribution in [-0.4, -0.2) is 52.1 Å². The maximum atomic E-state index is 12.6. The fourth-order valence-electron chi connectivity index (χ4n) is 2.80. The number of nitrogens with two attached hydrogens (primary N) is 1. The first-order valence-electron chi connectivity index (χ1n) is 8.69. The Bertz CT molecular complexity index is 657. The van der Waals surface area contributed by atoms with Crippen molar-refractivity contribution in [2.45, 2.75) is 39.0 Å². The van der Waals surface area contributed by atoms with Crippen LogP contribution in [0.15, 0.2) is 4.79 Å². The van der Waals surface area contributed by atoms with E-state index in [0.29, 0.717) is 31.9 Å². The normalized spacial score (nSPS) is 13.2. The molecule has 0 unspecified atom stereocenters. The lowest BCUT2D eigenvalue weighted by atomic mass is 10.1. The Morgan fingerprint density at radius 3 is 2.72 bits per heavy atom. The van der Waals surface area contributed by atoms with Gasteiger partial charge in [0.1, 0.15) is 5.69 Å². The molecule has 9 heteroatoms.